The summed E-state index contributed by atoms with van der Waals surface area (Å²) >= 11 is 0. The first kappa shape index (κ1) is 33.0. The number of anilines is 1. The maximum atomic E-state index is 13.2. The second-order valence-electron chi connectivity index (χ2n) is 8.97. The fourth-order valence-electron chi connectivity index (χ4n) is 4.15. The van der Waals surface area contributed by atoms with Crippen LogP contribution in [0.4, 0.5) is 32.0 Å². The number of rotatable bonds is 11. The molecule has 0 aliphatic heterocycles. The van der Waals surface area contributed by atoms with Crippen molar-refractivity contribution in [2.24, 2.45) is 0 Å². The number of benzene rings is 3. The number of carbonyl (C=O) groups is 1. The molecule has 0 aromatic heterocycles. The Balaban J connectivity index is 0.00000560. The molecule has 0 aliphatic carbocycles. The van der Waals surface area contributed by atoms with Crippen molar-refractivity contribution in [1.29, 1.82) is 0 Å². The topological polar surface area (TPSA) is 41.6 Å². The lowest BCUT2D eigenvalue weighted by atomic mass is 9.99. The predicted octanol–water partition coefficient (Wildman–Crippen LogP) is 7.72. The molecule has 218 valence electrons. The van der Waals surface area contributed by atoms with E-state index >= 15 is 0 Å². The monoisotopic (exact) mass is 588 g/mol. The second kappa shape index (κ2) is 14.4. The Kier molecular flexibility index (Phi) is 11.9. The van der Waals surface area contributed by atoms with Gasteiger partial charge in [-0.1, -0.05) is 30.3 Å². The van der Waals surface area contributed by atoms with E-state index in [4.69, 9.17) is 4.74 Å². The van der Waals surface area contributed by atoms with E-state index in [2.05, 4.69) is 10.2 Å². The number of hydrogen-bond donors (Lipinski definition) is 1. The van der Waals surface area contributed by atoms with E-state index in [1.807, 2.05) is 38.1 Å². The summed E-state index contributed by atoms with van der Waals surface area (Å²) in [6.45, 7) is 5.39. The van der Waals surface area contributed by atoms with Crippen LogP contribution in [0.2, 0.25) is 0 Å². The Morgan fingerprint density at radius 1 is 0.850 bits per heavy atom. The van der Waals surface area contributed by atoms with Gasteiger partial charge in [0.15, 0.2) is 0 Å². The second-order valence-corrected chi connectivity index (χ2v) is 8.97. The fourth-order valence-corrected chi connectivity index (χ4v) is 4.15. The van der Waals surface area contributed by atoms with Gasteiger partial charge in [0.2, 0.25) is 0 Å². The standard InChI is InChI=1S/C29H30F6N2O2.ClH/c1-3-37(4-2)26-12-10-22(11-13-26)27(38)36-17-23(21-8-6-5-7-9-21)19-39-18-20-14-24(28(30,31)32)16-25(15-20)29(33,34)35;/h5-16,23H,3-4,17-19H2,1-2H3,(H,36,38);1H. The van der Waals surface area contributed by atoms with E-state index in [1.165, 1.54) is 0 Å². The molecule has 4 nitrogen and oxygen atoms in total. The van der Waals surface area contributed by atoms with Crippen molar-refractivity contribution in [2.75, 3.05) is 31.1 Å². The van der Waals surface area contributed by atoms with Gasteiger partial charge >= 0.3 is 12.4 Å². The Morgan fingerprint density at radius 2 is 1.40 bits per heavy atom. The van der Waals surface area contributed by atoms with E-state index in [0.717, 1.165) is 24.3 Å². The molecule has 0 saturated carbocycles. The summed E-state index contributed by atoms with van der Waals surface area (Å²) in [6, 6.07) is 17.6. The van der Waals surface area contributed by atoms with E-state index in [9.17, 15) is 31.1 Å². The number of ether oxygens (including phenoxy) is 1. The van der Waals surface area contributed by atoms with Gasteiger partial charge in [-0.05, 0) is 67.4 Å². The summed E-state index contributed by atoms with van der Waals surface area (Å²) in [4.78, 5) is 14.9. The molecule has 0 aliphatic rings. The Morgan fingerprint density at radius 3 is 1.90 bits per heavy atom. The molecule has 1 unspecified atom stereocenters. The highest BCUT2D eigenvalue weighted by molar-refractivity contribution is 5.94. The summed E-state index contributed by atoms with van der Waals surface area (Å²) in [7, 11) is 0. The smallest absolute Gasteiger partial charge is 0.376 e. The summed E-state index contributed by atoms with van der Waals surface area (Å²) in [5.74, 6) is -0.701. The van der Waals surface area contributed by atoms with Crippen LogP contribution in [-0.2, 0) is 23.7 Å². The van der Waals surface area contributed by atoms with Crippen LogP contribution in [0.3, 0.4) is 0 Å². The minimum atomic E-state index is -4.93. The van der Waals surface area contributed by atoms with Crippen LogP contribution in [0.25, 0.3) is 0 Å². The molecule has 1 amide bonds. The van der Waals surface area contributed by atoms with Crippen LogP contribution in [0.5, 0.6) is 0 Å². The van der Waals surface area contributed by atoms with Crippen LogP contribution in [0, 0.1) is 0 Å². The molecule has 0 fully saturated rings. The quantitative estimate of drug-likeness (QED) is 0.233. The van der Waals surface area contributed by atoms with Gasteiger partial charge in [-0.2, -0.15) is 26.3 Å². The van der Waals surface area contributed by atoms with Gasteiger partial charge in [0.25, 0.3) is 5.91 Å². The van der Waals surface area contributed by atoms with Gasteiger partial charge in [0.05, 0.1) is 24.3 Å². The van der Waals surface area contributed by atoms with Crippen molar-refractivity contribution < 1.29 is 35.9 Å². The van der Waals surface area contributed by atoms with E-state index in [-0.39, 0.29) is 43.1 Å². The zero-order chi connectivity index (χ0) is 28.6. The summed E-state index contributed by atoms with van der Waals surface area (Å²) < 4.78 is 84.6. The van der Waals surface area contributed by atoms with Crippen LogP contribution in [0.15, 0.2) is 72.8 Å². The van der Waals surface area contributed by atoms with Gasteiger partial charge < -0.3 is 15.0 Å². The number of amides is 1. The van der Waals surface area contributed by atoms with Crippen molar-refractivity contribution >= 4 is 24.0 Å². The number of carbonyl (C=O) groups excluding carboxylic acids is 1. The van der Waals surface area contributed by atoms with Crippen molar-refractivity contribution in [3.63, 3.8) is 0 Å². The molecule has 1 atom stereocenters. The third-order valence-corrected chi connectivity index (χ3v) is 6.27. The minimum Gasteiger partial charge on any atom is -0.376 e. The van der Waals surface area contributed by atoms with Gasteiger partial charge in [0.1, 0.15) is 0 Å². The molecule has 1 N–H and O–H groups in total. The van der Waals surface area contributed by atoms with Gasteiger partial charge in [-0.25, -0.2) is 0 Å². The number of nitrogens with one attached hydrogen (secondary N) is 1. The van der Waals surface area contributed by atoms with Crippen LogP contribution >= 0.6 is 12.4 Å². The maximum absolute atomic E-state index is 13.2. The molecule has 0 radical (unpaired) electrons. The molecule has 0 heterocycles. The lowest BCUT2D eigenvalue weighted by Crippen LogP contribution is -2.30. The first-order valence-corrected chi connectivity index (χ1v) is 12.5. The lowest BCUT2D eigenvalue weighted by molar-refractivity contribution is -0.143. The van der Waals surface area contributed by atoms with Crippen molar-refractivity contribution in [3.05, 3.63) is 101 Å². The van der Waals surface area contributed by atoms with Crippen LogP contribution in [0.1, 0.15) is 52.4 Å². The molecule has 3 aromatic rings. The van der Waals surface area contributed by atoms with Gasteiger partial charge in [-0.15, -0.1) is 12.4 Å². The molecule has 40 heavy (non-hydrogen) atoms. The van der Waals surface area contributed by atoms with Crippen LogP contribution < -0.4 is 10.2 Å². The number of nitrogens with zero attached hydrogens (tertiary/aromatic N) is 1. The summed E-state index contributed by atoms with van der Waals surface area (Å²) in [5.41, 5.74) is -0.779. The number of halogens is 7. The average Bonchev–Trinajstić information content (AvgIpc) is 2.91. The third-order valence-electron chi connectivity index (χ3n) is 6.27. The molecular weight excluding hydrogens is 558 g/mol. The maximum Gasteiger partial charge on any atom is 0.416 e. The Hall–Kier alpha value is -3.24. The zero-order valence-corrected chi connectivity index (χ0v) is 22.8. The van der Waals surface area contributed by atoms with Gasteiger partial charge in [0, 0.05) is 36.8 Å². The predicted molar refractivity (Wildman–Crippen MR) is 145 cm³/mol. The Labute approximate surface area is 235 Å². The number of hydrogen-bond acceptors (Lipinski definition) is 3. The van der Waals surface area contributed by atoms with Crippen LogP contribution in [-0.4, -0.2) is 32.1 Å². The van der Waals surface area contributed by atoms with Crippen molar-refractivity contribution in [2.45, 2.75) is 38.7 Å². The summed E-state index contributed by atoms with van der Waals surface area (Å²) in [6.07, 6.45) is -9.87. The van der Waals surface area contributed by atoms with Gasteiger partial charge in [-0.3, -0.25) is 4.79 Å². The minimum absolute atomic E-state index is 0. The molecule has 3 rings (SSSR count). The van der Waals surface area contributed by atoms with Crippen molar-refractivity contribution in [1.82, 2.24) is 5.32 Å². The highest BCUT2D eigenvalue weighted by atomic mass is 35.5. The lowest BCUT2D eigenvalue weighted by Gasteiger charge is -2.21. The van der Waals surface area contributed by atoms with E-state index in [1.54, 1.807) is 30.3 Å². The fraction of sp³-hybridized carbons (Fsp3) is 0.345. The normalized spacial score (nSPS) is 12.4. The zero-order valence-electron chi connectivity index (χ0n) is 22.0. The first-order valence-electron chi connectivity index (χ1n) is 12.5. The third kappa shape index (κ3) is 9.16. The first-order chi connectivity index (χ1) is 18.4. The van der Waals surface area contributed by atoms with E-state index < -0.39 is 36.0 Å². The molecular formula is C29H31ClF6N2O2. The highest BCUT2D eigenvalue weighted by Crippen LogP contribution is 2.36. The Bertz CT molecular complexity index is 1180. The number of alkyl halides is 6. The molecule has 11 heteroatoms. The largest absolute Gasteiger partial charge is 0.416 e. The molecule has 3 aromatic carbocycles. The van der Waals surface area contributed by atoms with E-state index in [0.29, 0.717) is 17.7 Å². The molecule has 0 bridgehead atoms. The van der Waals surface area contributed by atoms with Crippen molar-refractivity contribution in [3.8, 4) is 0 Å². The molecule has 0 saturated heterocycles. The molecule has 0 spiro atoms. The summed E-state index contributed by atoms with van der Waals surface area (Å²) in [5, 5.41) is 2.85. The average molecular weight is 589 g/mol. The SMILES string of the molecule is CCN(CC)c1ccc(C(=O)NCC(COCc2cc(C(F)(F)F)cc(C(F)(F)F)c2)c2ccccc2)cc1.Cl. The highest BCUT2D eigenvalue weighted by Gasteiger charge is 2.36.